The van der Waals surface area contributed by atoms with Crippen molar-refractivity contribution >= 4 is 27.5 Å². The topological polar surface area (TPSA) is 66.5 Å². The van der Waals surface area contributed by atoms with Crippen molar-refractivity contribution in [2.24, 2.45) is 5.92 Å². The lowest BCUT2D eigenvalue weighted by atomic mass is 9.93. The molecule has 1 aromatic carbocycles. The predicted octanol–water partition coefficient (Wildman–Crippen LogP) is 3.19. The van der Waals surface area contributed by atoms with Gasteiger partial charge in [0.05, 0.1) is 10.8 Å². The van der Waals surface area contributed by atoms with Gasteiger partial charge in [-0.1, -0.05) is 30.9 Å². The van der Waals surface area contributed by atoms with Crippen molar-refractivity contribution in [2.45, 2.75) is 55.9 Å². The van der Waals surface area contributed by atoms with Gasteiger partial charge in [0.25, 0.3) is 0 Å². The van der Waals surface area contributed by atoms with Crippen LogP contribution >= 0.6 is 11.6 Å². The van der Waals surface area contributed by atoms with E-state index in [9.17, 15) is 13.2 Å². The fourth-order valence-electron chi connectivity index (χ4n) is 3.70. The van der Waals surface area contributed by atoms with Gasteiger partial charge in [-0.3, -0.25) is 4.79 Å². The molecule has 1 saturated heterocycles. The summed E-state index contributed by atoms with van der Waals surface area (Å²) < 4.78 is 27.1. The predicted molar refractivity (Wildman–Crippen MR) is 98.0 cm³/mol. The first kappa shape index (κ1) is 18.7. The maximum Gasteiger partial charge on any atom is 0.243 e. The van der Waals surface area contributed by atoms with Crippen molar-refractivity contribution < 1.29 is 13.2 Å². The third kappa shape index (κ3) is 4.54. The Labute approximate surface area is 154 Å². The normalized spacial score (nSPS) is 23.3. The number of sulfonamides is 1. The zero-order valence-electron chi connectivity index (χ0n) is 14.3. The number of carbonyl (C=O) groups is 1. The van der Waals surface area contributed by atoms with Gasteiger partial charge in [-0.25, -0.2) is 8.42 Å². The fraction of sp³-hybridized carbons (Fsp3) is 0.611. The number of nitrogens with one attached hydrogen (secondary N) is 1. The molecule has 2 aliphatic rings. The zero-order chi connectivity index (χ0) is 17.9. The Balaban J connectivity index is 1.65. The highest BCUT2D eigenvalue weighted by Crippen LogP contribution is 2.25. The smallest absolute Gasteiger partial charge is 0.243 e. The molecule has 1 aliphatic heterocycles. The summed E-state index contributed by atoms with van der Waals surface area (Å²) in [6, 6.07) is 6.44. The summed E-state index contributed by atoms with van der Waals surface area (Å²) in [6.45, 7) is 0.710. The number of piperidine rings is 1. The van der Waals surface area contributed by atoms with E-state index in [1.807, 2.05) is 0 Å². The van der Waals surface area contributed by atoms with E-state index in [0.717, 1.165) is 32.1 Å². The molecule has 25 heavy (non-hydrogen) atoms. The Hall–Kier alpha value is -1.11. The zero-order valence-corrected chi connectivity index (χ0v) is 15.9. The lowest BCUT2D eigenvalue weighted by Crippen LogP contribution is -2.47. The molecule has 1 atom stereocenters. The second-order valence-corrected chi connectivity index (χ2v) is 9.37. The molecule has 3 rings (SSSR count). The highest BCUT2D eigenvalue weighted by molar-refractivity contribution is 7.89. The third-order valence-corrected chi connectivity index (χ3v) is 7.29. The van der Waals surface area contributed by atoms with Crippen LogP contribution < -0.4 is 5.32 Å². The first-order valence-electron chi connectivity index (χ1n) is 9.03. The largest absolute Gasteiger partial charge is 0.353 e. The molecule has 138 valence electrons. The first-order chi connectivity index (χ1) is 12.0. The summed E-state index contributed by atoms with van der Waals surface area (Å²) in [6.07, 6.45) is 7.07. The molecule has 0 radical (unpaired) electrons. The van der Waals surface area contributed by atoms with Crippen LogP contribution in [-0.4, -0.2) is 37.8 Å². The van der Waals surface area contributed by atoms with E-state index in [-0.39, 0.29) is 29.3 Å². The molecule has 2 fully saturated rings. The number of nitrogens with zero attached hydrogens (tertiary/aromatic N) is 1. The van der Waals surface area contributed by atoms with E-state index < -0.39 is 10.0 Å². The molecule has 7 heteroatoms. The molecule has 1 heterocycles. The molecule has 0 aromatic heterocycles. The van der Waals surface area contributed by atoms with E-state index in [2.05, 4.69) is 5.32 Å². The molecule has 0 bridgehead atoms. The number of amides is 1. The number of hydrogen-bond acceptors (Lipinski definition) is 3. The van der Waals surface area contributed by atoms with E-state index in [1.54, 1.807) is 12.1 Å². The molecule has 1 saturated carbocycles. The fourth-order valence-corrected chi connectivity index (χ4v) is 5.35. The maximum atomic E-state index is 12.8. The maximum absolute atomic E-state index is 12.8. The minimum absolute atomic E-state index is 0.00269. The molecule has 0 spiro atoms. The Bertz CT molecular complexity index is 700. The van der Waals surface area contributed by atoms with Crippen molar-refractivity contribution in [1.29, 1.82) is 0 Å². The Morgan fingerprint density at radius 3 is 2.40 bits per heavy atom. The van der Waals surface area contributed by atoms with Gasteiger partial charge in [-0.05, 0) is 49.9 Å². The highest BCUT2D eigenvalue weighted by Gasteiger charge is 2.34. The van der Waals surface area contributed by atoms with Gasteiger partial charge in [0.1, 0.15) is 0 Å². The van der Waals surface area contributed by atoms with Crippen molar-refractivity contribution in [2.75, 3.05) is 13.1 Å². The van der Waals surface area contributed by atoms with Gasteiger partial charge in [0.15, 0.2) is 0 Å². The lowest BCUT2D eigenvalue weighted by Gasteiger charge is -2.32. The quantitative estimate of drug-likeness (QED) is 0.866. The van der Waals surface area contributed by atoms with Crippen LogP contribution in [0.5, 0.6) is 0 Å². The van der Waals surface area contributed by atoms with E-state index in [4.69, 9.17) is 11.6 Å². The third-order valence-electron chi connectivity index (χ3n) is 5.16. The molecule has 1 N–H and O–H groups in total. The number of hydrogen-bond donors (Lipinski definition) is 1. The van der Waals surface area contributed by atoms with Crippen LogP contribution in [0.2, 0.25) is 5.02 Å². The van der Waals surface area contributed by atoms with Gasteiger partial charge in [-0.15, -0.1) is 0 Å². The van der Waals surface area contributed by atoms with Crippen molar-refractivity contribution in [1.82, 2.24) is 9.62 Å². The molecule has 1 aliphatic carbocycles. The standard InChI is InChI=1S/C18H25ClN2O3S/c19-15-8-10-17(11-9-15)25(23,24)21-12-4-5-14(13-21)18(22)20-16-6-2-1-3-7-16/h8-11,14,16H,1-7,12-13H2,(H,20,22)/t14-/m0/s1. The van der Waals surface area contributed by atoms with E-state index in [1.165, 1.54) is 22.9 Å². The molecule has 0 unspecified atom stereocenters. The van der Waals surface area contributed by atoms with Crippen LogP contribution in [0, 0.1) is 5.92 Å². The van der Waals surface area contributed by atoms with E-state index in [0.29, 0.717) is 18.0 Å². The highest BCUT2D eigenvalue weighted by atomic mass is 35.5. The molecular formula is C18H25ClN2O3S. The average molecular weight is 385 g/mol. The number of benzene rings is 1. The number of carbonyl (C=O) groups excluding carboxylic acids is 1. The number of halogens is 1. The lowest BCUT2D eigenvalue weighted by molar-refractivity contribution is -0.127. The van der Waals surface area contributed by atoms with Gasteiger partial charge < -0.3 is 5.32 Å². The molecule has 1 amide bonds. The molecule has 1 aromatic rings. The minimum atomic E-state index is -3.58. The Morgan fingerprint density at radius 2 is 1.72 bits per heavy atom. The van der Waals surface area contributed by atoms with Crippen LogP contribution in [-0.2, 0) is 14.8 Å². The SMILES string of the molecule is O=C(NC1CCCCC1)[C@H]1CCCN(S(=O)(=O)c2ccc(Cl)cc2)C1. The van der Waals surface area contributed by atoms with Crippen molar-refractivity contribution in [3.05, 3.63) is 29.3 Å². The second kappa shape index (κ2) is 8.06. The Morgan fingerprint density at radius 1 is 1.04 bits per heavy atom. The van der Waals surface area contributed by atoms with Crippen LogP contribution in [0.15, 0.2) is 29.2 Å². The first-order valence-corrected chi connectivity index (χ1v) is 10.8. The minimum Gasteiger partial charge on any atom is -0.353 e. The van der Waals surface area contributed by atoms with Crippen LogP contribution in [0.3, 0.4) is 0 Å². The van der Waals surface area contributed by atoms with Gasteiger partial charge in [0.2, 0.25) is 15.9 Å². The summed E-state index contributed by atoms with van der Waals surface area (Å²) in [5.41, 5.74) is 0. The van der Waals surface area contributed by atoms with Gasteiger partial charge in [0, 0.05) is 24.2 Å². The Kier molecular flexibility index (Phi) is 6.02. The van der Waals surface area contributed by atoms with Gasteiger partial charge in [-0.2, -0.15) is 4.31 Å². The number of rotatable bonds is 4. The van der Waals surface area contributed by atoms with Crippen LogP contribution in [0.4, 0.5) is 0 Å². The average Bonchev–Trinajstić information content (AvgIpc) is 2.63. The summed E-state index contributed by atoms with van der Waals surface area (Å²) in [4.78, 5) is 12.8. The van der Waals surface area contributed by atoms with Crippen molar-refractivity contribution in [3.63, 3.8) is 0 Å². The summed E-state index contributed by atoms with van der Waals surface area (Å²) in [5.74, 6) is -0.263. The van der Waals surface area contributed by atoms with E-state index >= 15 is 0 Å². The van der Waals surface area contributed by atoms with Gasteiger partial charge >= 0.3 is 0 Å². The van der Waals surface area contributed by atoms with Crippen LogP contribution in [0.1, 0.15) is 44.9 Å². The summed E-state index contributed by atoms with van der Waals surface area (Å²) in [5, 5.41) is 3.63. The van der Waals surface area contributed by atoms with Crippen LogP contribution in [0.25, 0.3) is 0 Å². The summed E-state index contributed by atoms with van der Waals surface area (Å²) >= 11 is 5.84. The monoisotopic (exact) mass is 384 g/mol. The molecule has 5 nitrogen and oxygen atoms in total. The molecular weight excluding hydrogens is 360 g/mol. The second-order valence-electron chi connectivity index (χ2n) is 7.00. The summed E-state index contributed by atoms with van der Waals surface area (Å²) in [7, 11) is -3.58. The van der Waals surface area contributed by atoms with Crippen molar-refractivity contribution in [3.8, 4) is 0 Å².